The van der Waals surface area contributed by atoms with Crippen molar-refractivity contribution in [2.45, 2.75) is 13.2 Å². The van der Waals surface area contributed by atoms with Crippen LogP contribution in [0.4, 0.5) is 4.39 Å². The predicted octanol–water partition coefficient (Wildman–Crippen LogP) is 3.09. The van der Waals surface area contributed by atoms with Crippen LogP contribution in [0.25, 0.3) is 11.4 Å². The van der Waals surface area contributed by atoms with Gasteiger partial charge in [0.05, 0.1) is 30.3 Å². The normalized spacial score (nSPS) is 12.2. The van der Waals surface area contributed by atoms with Crippen LogP contribution >= 0.6 is 23.8 Å². The van der Waals surface area contributed by atoms with Gasteiger partial charge < -0.3 is 14.2 Å². The minimum absolute atomic E-state index is 0.304. The molecular formula is C19H21ClFN4OS+. The van der Waals surface area contributed by atoms with Gasteiger partial charge in [-0.15, -0.1) is 5.10 Å². The molecule has 3 aromatic rings. The molecule has 0 bridgehead atoms. The zero-order valence-electron chi connectivity index (χ0n) is 15.4. The molecule has 0 fully saturated rings. The Balaban J connectivity index is 1.87. The Morgan fingerprint density at radius 3 is 2.67 bits per heavy atom. The van der Waals surface area contributed by atoms with Crippen molar-refractivity contribution in [3.63, 3.8) is 0 Å². The minimum Gasteiger partial charge on any atom is -0.496 e. The summed E-state index contributed by atoms with van der Waals surface area (Å²) in [7, 11) is 5.44. The van der Waals surface area contributed by atoms with Crippen LogP contribution in [-0.4, -0.2) is 28.5 Å². The van der Waals surface area contributed by atoms with Gasteiger partial charge in [0.1, 0.15) is 18.1 Å². The number of benzene rings is 2. The molecule has 1 unspecified atom stereocenters. The van der Waals surface area contributed by atoms with Crippen molar-refractivity contribution < 1.29 is 14.0 Å². The monoisotopic (exact) mass is 407 g/mol. The summed E-state index contributed by atoms with van der Waals surface area (Å²) in [5.41, 5.74) is 1.35. The van der Waals surface area contributed by atoms with E-state index in [0.717, 1.165) is 16.2 Å². The maximum absolute atomic E-state index is 14.0. The van der Waals surface area contributed by atoms with E-state index in [-0.39, 0.29) is 5.82 Å². The quantitative estimate of drug-likeness (QED) is 0.638. The molecule has 1 N–H and O–H groups in total. The average molecular weight is 408 g/mol. The first-order valence-electron chi connectivity index (χ1n) is 8.43. The Labute approximate surface area is 167 Å². The van der Waals surface area contributed by atoms with Gasteiger partial charge in [0.15, 0.2) is 12.5 Å². The number of halogens is 2. The number of hydrogen-bond acceptors (Lipinski definition) is 3. The SMILES string of the molecule is COc1ccccc1-c1nn(C[NH+](C)Cc2c(F)cccc2Cl)c(=S)n1C. The number of methoxy groups -OCH3 is 1. The number of nitrogens with one attached hydrogen (secondary N) is 1. The number of ether oxygens (including phenoxy) is 1. The van der Waals surface area contributed by atoms with Crippen LogP contribution in [0.2, 0.25) is 5.02 Å². The zero-order chi connectivity index (χ0) is 19.6. The Hall–Kier alpha value is -2.22. The summed E-state index contributed by atoms with van der Waals surface area (Å²) in [6.07, 6.45) is 0. The first-order chi connectivity index (χ1) is 12.9. The van der Waals surface area contributed by atoms with Crippen molar-refractivity contribution in [2.75, 3.05) is 14.2 Å². The summed E-state index contributed by atoms with van der Waals surface area (Å²) < 4.78 is 23.6. The third-order valence-electron chi connectivity index (χ3n) is 4.35. The topological polar surface area (TPSA) is 36.4 Å². The molecule has 0 aliphatic rings. The van der Waals surface area contributed by atoms with Crippen molar-refractivity contribution >= 4 is 23.8 Å². The van der Waals surface area contributed by atoms with Gasteiger partial charge in [-0.3, -0.25) is 0 Å². The molecule has 8 heteroatoms. The fourth-order valence-electron chi connectivity index (χ4n) is 2.97. The molecule has 1 heterocycles. The fourth-order valence-corrected chi connectivity index (χ4v) is 3.39. The molecule has 0 radical (unpaired) electrons. The molecule has 0 spiro atoms. The van der Waals surface area contributed by atoms with Gasteiger partial charge in [0, 0.05) is 7.05 Å². The molecule has 2 aromatic carbocycles. The highest BCUT2D eigenvalue weighted by molar-refractivity contribution is 7.71. The van der Waals surface area contributed by atoms with E-state index in [1.54, 1.807) is 23.9 Å². The summed E-state index contributed by atoms with van der Waals surface area (Å²) in [5, 5.41) is 5.09. The lowest BCUT2D eigenvalue weighted by Crippen LogP contribution is -3.07. The second-order valence-electron chi connectivity index (χ2n) is 6.36. The zero-order valence-corrected chi connectivity index (χ0v) is 16.9. The van der Waals surface area contributed by atoms with E-state index in [9.17, 15) is 4.39 Å². The van der Waals surface area contributed by atoms with Crippen LogP contribution in [0.3, 0.4) is 0 Å². The van der Waals surface area contributed by atoms with Crippen molar-refractivity contribution in [2.24, 2.45) is 7.05 Å². The van der Waals surface area contributed by atoms with E-state index in [1.807, 2.05) is 42.9 Å². The standard InChI is InChI=1S/C19H20ClFN4OS/c1-23(11-14-15(20)8-6-9-16(14)21)12-25-19(27)24(2)18(22-25)13-7-4-5-10-17(13)26-3/h4-10H,11-12H2,1-3H3/p+1. The largest absolute Gasteiger partial charge is 0.496 e. The Morgan fingerprint density at radius 1 is 1.22 bits per heavy atom. The number of rotatable bonds is 6. The van der Waals surface area contributed by atoms with E-state index in [1.165, 1.54) is 6.07 Å². The first kappa shape index (κ1) is 19.5. The van der Waals surface area contributed by atoms with Crippen molar-refractivity contribution in [1.29, 1.82) is 0 Å². The second kappa shape index (κ2) is 8.21. The van der Waals surface area contributed by atoms with Crippen LogP contribution < -0.4 is 9.64 Å². The third-order valence-corrected chi connectivity index (χ3v) is 5.19. The van der Waals surface area contributed by atoms with E-state index < -0.39 is 0 Å². The summed E-state index contributed by atoms with van der Waals surface area (Å²) >= 11 is 11.7. The average Bonchev–Trinajstić information content (AvgIpc) is 2.93. The predicted molar refractivity (Wildman–Crippen MR) is 106 cm³/mol. The summed E-state index contributed by atoms with van der Waals surface area (Å²) in [6.45, 7) is 0.903. The summed E-state index contributed by atoms with van der Waals surface area (Å²) in [4.78, 5) is 1.00. The lowest BCUT2D eigenvalue weighted by molar-refractivity contribution is -0.917. The molecule has 1 aromatic heterocycles. The second-order valence-corrected chi connectivity index (χ2v) is 7.13. The van der Waals surface area contributed by atoms with E-state index in [2.05, 4.69) is 5.10 Å². The molecule has 1 atom stereocenters. The lowest BCUT2D eigenvalue weighted by Gasteiger charge is -2.15. The Bertz CT molecular complexity index is 997. The number of quaternary nitrogens is 1. The molecule has 142 valence electrons. The number of hydrogen-bond donors (Lipinski definition) is 1. The molecule has 0 saturated carbocycles. The molecule has 0 aliphatic carbocycles. The molecule has 27 heavy (non-hydrogen) atoms. The maximum atomic E-state index is 14.0. The number of nitrogens with zero attached hydrogens (tertiary/aromatic N) is 3. The number of aromatic nitrogens is 3. The van der Waals surface area contributed by atoms with Gasteiger partial charge in [-0.2, -0.15) is 4.68 Å². The van der Waals surface area contributed by atoms with E-state index >= 15 is 0 Å². The Kier molecular flexibility index (Phi) is 5.94. The van der Waals surface area contributed by atoms with Gasteiger partial charge >= 0.3 is 0 Å². The summed E-state index contributed by atoms with van der Waals surface area (Å²) in [5.74, 6) is 1.14. The van der Waals surface area contributed by atoms with E-state index in [0.29, 0.717) is 34.4 Å². The van der Waals surface area contributed by atoms with Gasteiger partial charge in [0.25, 0.3) is 0 Å². The van der Waals surface area contributed by atoms with Gasteiger partial charge in [-0.1, -0.05) is 29.8 Å². The fraction of sp³-hybridized carbons (Fsp3) is 0.263. The third kappa shape index (κ3) is 4.05. The maximum Gasteiger partial charge on any atom is 0.202 e. The van der Waals surface area contributed by atoms with Crippen LogP contribution in [0.15, 0.2) is 42.5 Å². The van der Waals surface area contributed by atoms with Crippen LogP contribution in [-0.2, 0) is 20.3 Å². The van der Waals surface area contributed by atoms with Crippen molar-refractivity contribution in [3.05, 3.63) is 63.6 Å². The molecular weight excluding hydrogens is 387 g/mol. The van der Waals surface area contributed by atoms with Crippen LogP contribution in [0, 0.1) is 10.6 Å². The lowest BCUT2D eigenvalue weighted by atomic mass is 10.2. The van der Waals surface area contributed by atoms with Gasteiger partial charge in [-0.05, 0) is 36.5 Å². The molecule has 5 nitrogen and oxygen atoms in total. The van der Waals surface area contributed by atoms with Crippen molar-refractivity contribution in [1.82, 2.24) is 14.3 Å². The Morgan fingerprint density at radius 2 is 1.96 bits per heavy atom. The first-order valence-corrected chi connectivity index (χ1v) is 9.22. The summed E-state index contributed by atoms with van der Waals surface area (Å²) in [6, 6.07) is 12.4. The molecule has 3 rings (SSSR count). The van der Waals surface area contributed by atoms with E-state index in [4.69, 9.17) is 28.6 Å². The van der Waals surface area contributed by atoms with Crippen LogP contribution in [0.5, 0.6) is 5.75 Å². The van der Waals surface area contributed by atoms with Gasteiger partial charge in [-0.25, -0.2) is 4.39 Å². The minimum atomic E-state index is -0.304. The molecule has 0 saturated heterocycles. The highest BCUT2D eigenvalue weighted by atomic mass is 35.5. The smallest absolute Gasteiger partial charge is 0.202 e. The van der Waals surface area contributed by atoms with Crippen molar-refractivity contribution in [3.8, 4) is 17.1 Å². The van der Waals surface area contributed by atoms with Gasteiger partial charge in [0.2, 0.25) is 4.77 Å². The number of para-hydroxylation sites is 1. The highest BCUT2D eigenvalue weighted by Gasteiger charge is 2.17. The van der Waals surface area contributed by atoms with Crippen LogP contribution in [0.1, 0.15) is 5.56 Å². The molecule has 0 amide bonds. The highest BCUT2D eigenvalue weighted by Crippen LogP contribution is 2.28. The molecule has 0 aliphatic heterocycles.